The second-order valence-electron chi connectivity index (χ2n) is 8.22. The molecule has 0 radical (unpaired) electrons. The number of rotatable bonds is 8. The van der Waals surface area contributed by atoms with Gasteiger partial charge in [-0.3, -0.25) is 9.48 Å². The summed E-state index contributed by atoms with van der Waals surface area (Å²) in [5.41, 5.74) is 3.43. The number of hydrogen-bond acceptors (Lipinski definition) is 6. The highest BCUT2D eigenvalue weighted by molar-refractivity contribution is 5.76. The molecule has 2 fully saturated rings. The van der Waals surface area contributed by atoms with Crippen LogP contribution in [-0.4, -0.2) is 57.9 Å². The fourth-order valence-corrected chi connectivity index (χ4v) is 4.21. The van der Waals surface area contributed by atoms with Crippen molar-refractivity contribution in [2.75, 3.05) is 6.54 Å². The lowest BCUT2D eigenvalue weighted by molar-refractivity contribution is -0.124. The molecule has 30 heavy (non-hydrogen) atoms. The van der Waals surface area contributed by atoms with Crippen LogP contribution in [0.25, 0.3) is 0 Å². The van der Waals surface area contributed by atoms with E-state index in [0.717, 1.165) is 12.1 Å². The zero-order chi connectivity index (χ0) is 21.1. The molecule has 3 N–H and O–H groups in total. The quantitative estimate of drug-likeness (QED) is 0.592. The number of hydrogen-bond donors (Lipinski definition) is 3. The first-order chi connectivity index (χ1) is 14.5. The molecule has 5 unspecified atom stereocenters. The van der Waals surface area contributed by atoms with E-state index >= 15 is 0 Å². The minimum absolute atomic E-state index is 0.0743. The largest absolute Gasteiger partial charge is 0.388 e. The number of carbonyl (C=O) groups excluding carboxylic acids is 1. The van der Waals surface area contributed by atoms with Crippen molar-refractivity contribution in [1.82, 2.24) is 20.4 Å². The first kappa shape index (κ1) is 21.0. The number of nitrogens with one attached hydrogen (secondary N) is 2. The SMILES string of the molecule is Cc1ccccc1CNCC1OC2CC(CC(=O)NCc3cnn(C)c3)OC2C1O. The minimum Gasteiger partial charge on any atom is -0.388 e. The molecule has 2 aliphatic rings. The van der Waals surface area contributed by atoms with E-state index in [-0.39, 0.29) is 36.7 Å². The van der Waals surface area contributed by atoms with Gasteiger partial charge in [0.2, 0.25) is 5.91 Å². The van der Waals surface area contributed by atoms with E-state index in [1.165, 1.54) is 11.1 Å². The predicted octanol–water partition coefficient (Wildman–Crippen LogP) is 0.810. The van der Waals surface area contributed by atoms with Crippen LogP contribution in [0, 0.1) is 6.92 Å². The van der Waals surface area contributed by atoms with Gasteiger partial charge >= 0.3 is 0 Å². The number of aliphatic hydroxyl groups is 1. The number of aryl methyl sites for hydroxylation is 2. The van der Waals surface area contributed by atoms with Gasteiger partial charge in [0.1, 0.15) is 12.2 Å². The summed E-state index contributed by atoms with van der Waals surface area (Å²) in [6.45, 7) is 3.82. The van der Waals surface area contributed by atoms with Crippen molar-refractivity contribution >= 4 is 5.91 Å². The van der Waals surface area contributed by atoms with Crippen LogP contribution in [0.15, 0.2) is 36.7 Å². The molecule has 5 atom stereocenters. The molecule has 8 heteroatoms. The van der Waals surface area contributed by atoms with E-state index < -0.39 is 6.10 Å². The van der Waals surface area contributed by atoms with Crippen molar-refractivity contribution in [2.24, 2.45) is 7.05 Å². The molecule has 3 heterocycles. The molecule has 1 aromatic heterocycles. The summed E-state index contributed by atoms with van der Waals surface area (Å²) in [6, 6.07) is 8.23. The average molecular weight is 415 g/mol. The average Bonchev–Trinajstić information content (AvgIpc) is 3.39. The van der Waals surface area contributed by atoms with Crippen LogP contribution >= 0.6 is 0 Å². The third kappa shape index (κ3) is 4.89. The van der Waals surface area contributed by atoms with Gasteiger partial charge in [-0.2, -0.15) is 5.10 Å². The Morgan fingerprint density at radius 2 is 2.13 bits per heavy atom. The second-order valence-corrected chi connectivity index (χ2v) is 8.22. The van der Waals surface area contributed by atoms with Crippen molar-refractivity contribution in [1.29, 1.82) is 0 Å². The molecule has 162 valence electrons. The Balaban J connectivity index is 1.19. The summed E-state index contributed by atoms with van der Waals surface area (Å²) >= 11 is 0. The Bertz CT molecular complexity index is 870. The number of amides is 1. The summed E-state index contributed by atoms with van der Waals surface area (Å²) in [5, 5.41) is 21.0. The first-order valence-electron chi connectivity index (χ1n) is 10.5. The number of nitrogens with zero attached hydrogens (tertiary/aromatic N) is 2. The maximum absolute atomic E-state index is 12.2. The molecule has 4 rings (SSSR count). The predicted molar refractivity (Wildman–Crippen MR) is 111 cm³/mol. The highest BCUT2D eigenvalue weighted by atomic mass is 16.6. The number of aromatic nitrogens is 2. The van der Waals surface area contributed by atoms with E-state index in [1.807, 2.05) is 25.4 Å². The smallest absolute Gasteiger partial charge is 0.222 e. The summed E-state index contributed by atoms with van der Waals surface area (Å²) in [5.74, 6) is -0.0743. The van der Waals surface area contributed by atoms with Gasteiger partial charge in [0.25, 0.3) is 0 Å². The summed E-state index contributed by atoms with van der Waals surface area (Å²) in [7, 11) is 1.84. The Kier molecular flexibility index (Phi) is 6.48. The Labute approximate surface area is 176 Å². The number of carbonyl (C=O) groups is 1. The van der Waals surface area contributed by atoms with Crippen LogP contribution in [0.2, 0.25) is 0 Å². The molecule has 2 aliphatic heterocycles. The van der Waals surface area contributed by atoms with E-state index in [1.54, 1.807) is 10.9 Å². The molecule has 0 bridgehead atoms. The fourth-order valence-electron chi connectivity index (χ4n) is 4.21. The van der Waals surface area contributed by atoms with Crippen LogP contribution < -0.4 is 10.6 Å². The Hall–Kier alpha value is -2.26. The maximum atomic E-state index is 12.2. The van der Waals surface area contributed by atoms with Crippen molar-refractivity contribution < 1.29 is 19.4 Å². The molecule has 1 aromatic carbocycles. The first-order valence-corrected chi connectivity index (χ1v) is 10.5. The van der Waals surface area contributed by atoms with Gasteiger partial charge < -0.3 is 25.2 Å². The molecular weight excluding hydrogens is 384 g/mol. The summed E-state index contributed by atoms with van der Waals surface area (Å²) in [4.78, 5) is 12.2. The van der Waals surface area contributed by atoms with Crippen molar-refractivity contribution in [3.8, 4) is 0 Å². The fraction of sp³-hybridized carbons (Fsp3) is 0.545. The lowest BCUT2D eigenvalue weighted by atomic mass is 10.1. The van der Waals surface area contributed by atoms with Gasteiger partial charge in [-0.1, -0.05) is 24.3 Å². The highest BCUT2D eigenvalue weighted by Crippen LogP contribution is 2.35. The molecule has 1 amide bonds. The Morgan fingerprint density at radius 1 is 1.30 bits per heavy atom. The standard InChI is InChI=1S/C22H30N4O4/c1-14-5-3-4-6-16(14)11-23-12-19-21(28)22-18(30-19)7-17(29-22)8-20(27)24-9-15-10-25-26(2)13-15/h3-6,10,13,17-19,21-23,28H,7-9,11-12H2,1-2H3,(H,24,27). The maximum Gasteiger partial charge on any atom is 0.222 e. The second kappa shape index (κ2) is 9.26. The van der Waals surface area contributed by atoms with Crippen molar-refractivity contribution in [3.05, 3.63) is 53.3 Å². The van der Waals surface area contributed by atoms with E-state index in [9.17, 15) is 9.90 Å². The third-order valence-electron chi connectivity index (χ3n) is 5.86. The minimum atomic E-state index is -0.692. The van der Waals surface area contributed by atoms with Crippen LogP contribution in [0.1, 0.15) is 29.5 Å². The number of aliphatic hydroxyl groups excluding tert-OH is 1. The molecule has 2 aromatic rings. The van der Waals surface area contributed by atoms with Crippen molar-refractivity contribution in [3.63, 3.8) is 0 Å². The summed E-state index contributed by atoms with van der Waals surface area (Å²) in [6.07, 6.45) is 2.72. The van der Waals surface area contributed by atoms with Crippen molar-refractivity contribution in [2.45, 2.75) is 63.4 Å². The van der Waals surface area contributed by atoms with Crippen LogP contribution in [-0.2, 0) is 34.4 Å². The number of benzene rings is 1. The molecule has 0 aliphatic carbocycles. The van der Waals surface area contributed by atoms with E-state index in [4.69, 9.17) is 9.47 Å². The van der Waals surface area contributed by atoms with Crippen LogP contribution in [0.4, 0.5) is 0 Å². The summed E-state index contributed by atoms with van der Waals surface area (Å²) < 4.78 is 13.7. The van der Waals surface area contributed by atoms with Gasteiger partial charge in [-0.15, -0.1) is 0 Å². The Morgan fingerprint density at radius 3 is 2.87 bits per heavy atom. The lowest BCUT2D eigenvalue weighted by Gasteiger charge is -2.20. The van der Waals surface area contributed by atoms with Gasteiger partial charge in [0.05, 0.1) is 30.9 Å². The van der Waals surface area contributed by atoms with Gasteiger partial charge in [-0.05, 0) is 18.1 Å². The van der Waals surface area contributed by atoms with Gasteiger partial charge in [-0.25, -0.2) is 0 Å². The third-order valence-corrected chi connectivity index (χ3v) is 5.86. The van der Waals surface area contributed by atoms with E-state index in [0.29, 0.717) is 19.5 Å². The molecule has 2 saturated heterocycles. The topological polar surface area (TPSA) is 97.6 Å². The molecule has 0 saturated carbocycles. The van der Waals surface area contributed by atoms with Gasteiger partial charge in [0, 0.05) is 44.9 Å². The monoisotopic (exact) mass is 414 g/mol. The van der Waals surface area contributed by atoms with E-state index in [2.05, 4.69) is 34.8 Å². The zero-order valence-corrected chi connectivity index (χ0v) is 17.5. The number of fused-ring (bicyclic) bond motifs is 1. The zero-order valence-electron chi connectivity index (χ0n) is 17.5. The normalized spacial score (nSPS) is 27.9. The molecule has 0 spiro atoms. The number of ether oxygens (including phenoxy) is 2. The lowest BCUT2D eigenvalue weighted by Crippen LogP contribution is -2.39. The highest BCUT2D eigenvalue weighted by Gasteiger charge is 2.50. The van der Waals surface area contributed by atoms with Crippen LogP contribution in [0.3, 0.4) is 0 Å². The molecule has 8 nitrogen and oxygen atoms in total. The van der Waals surface area contributed by atoms with Crippen LogP contribution in [0.5, 0.6) is 0 Å². The molecular formula is C22H30N4O4. The van der Waals surface area contributed by atoms with Gasteiger partial charge in [0.15, 0.2) is 0 Å².